The van der Waals surface area contributed by atoms with E-state index in [-0.39, 0.29) is 6.09 Å². The van der Waals surface area contributed by atoms with Crippen molar-refractivity contribution in [3.05, 3.63) is 11.4 Å². The normalized spacial score (nSPS) is 24.6. The predicted molar refractivity (Wildman–Crippen MR) is 90.2 cm³/mol. The van der Waals surface area contributed by atoms with Crippen molar-refractivity contribution in [3.63, 3.8) is 0 Å². The van der Waals surface area contributed by atoms with Gasteiger partial charge in [-0.15, -0.1) is 5.10 Å². The number of aromatic nitrogens is 3. The Morgan fingerprint density at radius 2 is 2.04 bits per heavy atom. The number of carbonyl (C=O) groups is 1. The monoisotopic (exact) mass is 352 g/mol. The third-order valence-corrected chi connectivity index (χ3v) is 5.32. The van der Waals surface area contributed by atoms with Crippen LogP contribution >= 0.6 is 0 Å². The van der Waals surface area contributed by atoms with Gasteiger partial charge in [-0.05, 0) is 43.4 Å². The van der Waals surface area contributed by atoms with Crippen molar-refractivity contribution in [2.75, 3.05) is 40.1 Å². The maximum absolute atomic E-state index is 11.8. The van der Waals surface area contributed by atoms with Gasteiger partial charge in [-0.1, -0.05) is 5.21 Å². The van der Waals surface area contributed by atoms with Crippen LogP contribution in [0.5, 0.6) is 0 Å². The van der Waals surface area contributed by atoms with Gasteiger partial charge in [0.05, 0.1) is 37.8 Å². The van der Waals surface area contributed by atoms with Crippen molar-refractivity contribution in [3.8, 4) is 0 Å². The van der Waals surface area contributed by atoms with E-state index in [0.717, 1.165) is 31.4 Å². The van der Waals surface area contributed by atoms with Crippen LogP contribution in [0.15, 0.2) is 0 Å². The molecule has 0 spiro atoms. The summed E-state index contributed by atoms with van der Waals surface area (Å²) in [6.45, 7) is 2.52. The van der Waals surface area contributed by atoms with Gasteiger partial charge in [-0.25, -0.2) is 4.79 Å². The third-order valence-electron chi connectivity index (χ3n) is 5.32. The highest BCUT2D eigenvalue weighted by Crippen LogP contribution is 2.52. The van der Waals surface area contributed by atoms with Crippen LogP contribution in [0.4, 0.5) is 4.79 Å². The minimum atomic E-state index is -0.358. The maximum atomic E-state index is 11.8. The van der Waals surface area contributed by atoms with E-state index in [1.165, 1.54) is 5.69 Å². The van der Waals surface area contributed by atoms with Crippen LogP contribution in [0.25, 0.3) is 0 Å². The number of hydrogen-bond acceptors (Lipinski definition) is 6. The molecule has 1 aromatic rings. The minimum absolute atomic E-state index is 0.358. The Labute approximate surface area is 148 Å². The van der Waals surface area contributed by atoms with Crippen molar-refractivity contribution in [2.24, 2.45) is 24.8 Å². The van der Waals surface area contributed by atoms with Crippen LogP contribution in [-0.2, 0) is 34.1 Å². The number of hydrogen-bond donors (Lipinski definition) is 1. The van der Waals surface area contributed by atoms with Crippen LogP contribution in [-0.4, -0.2) is 61.2 Å². The molecular weight excluding hydrogens is 324 g/mol. The highest BCUT2D eigenvalue weighted by Gasteiger charge is 2.50. The maximum Gasteiger partial charge on any atom is 0.407 e. The van der Waals surface area contributed by atoms with E-state index in [9.17, 15) is 4.79 Å². The van der Waals surface area contributed by atoms with Gasteiger partial charge in [0.2, 0.25) is 0 Å². The van der Waals surface area contributed by atoms with Crippen molar-refractivity contribution >= 4 is 6.09 Å². The summed E-state index contributed by atoms with van der Waals surface area (Å²) >= 11 is 0. The third kappa shape index (κ3) is 4.70. The molecular formula is C17H28N4O4. The number of carbonyl (C=O) groups excluding carboxylic acids is 1. The highest BCUT2D eigenvalue weighted by molar-refractivity contribution is 5.67. The first-order chi connectivity index (χ1) is 12.2. The molecule has 0 aliphatic heterocycles. The molecule has 0 bridgehead atoms. The predicted octanol–water partition coefficient (Wildman–Crippen LogP) is 0.945. The number of rotatable bonds is 8. The fourth-order valence-electron chi connectivity index (χ4n) is 3.85. The molecule has 0 radical (unpaired) electrons. The van der Waals surface area contributed by atoms with Crippen LogP contribution in [0.1, 0.15) is 24.2 Å². The second kappa shape index (κ2) is 8.62. The molecule has 1 N–H and O–H groups in total. The molecule has 8 nitrogen and oxygen atoms in total. The highest BCUT2D eigenvalue weighted by atomic mass is 16.5. The zero-order valence-corrected chi connectivity index (χ0v) is 15.1. The Balaban J connectivity index is 1.32. The zero-order chi connectivity index (χ0) is 17.6. The van der Waals surface area contributed by atoms with Gasteiger partial charge >= 0.3 is 6.09 Å². The van der Waals surface area contributed by atoms with Gasteiger partial charge in [-0.3, -0.25) is 4.68 Å². The Morgan fingerprint density at radius 1 is 1.24 bits per heavy atom. The van der Waals surface area contributed by atoms with Gasteiger partial charge in [0.25, 0.3) is 0 Å². The minimum Gasteiger partial charge on any atom is -0.449 e. The second-order valence-electron chi connectivity index (χ2n) is 6.81. The summed E-state index contributed by atoms with van der Waals surface area (Å²) in [6.07, 6.45) is 3.87. The lowest BCUT2D eigenvalue weighted by molar-refractivity contribution is 0.0703. The summed E-state index contributed by atoms with van der Waals surface area (Å²) in [5.74, 6) is 1.81. The first-order valence-corrected chi connectivity index (χ1v) is 9.05. The number of amides is 1. The Hall–Kier alpha value is -1.67. The molecule has 1 amide bonds. The lowest BCUT2D eigenvalue weighted by Crippen LogP contribution is -2.29. The molecule has 1 fully saturated rings. The van der Waals surface area contributed by atoms with Crippen molar-refractivity contribution in [1.29, 1.82) is 0 Å². The van der Waals surface area contributed by atoms with Crippen molar-refractivity contribution < 1.29 is 19.0 Å². The molecule has 140 valence electrons. The number of aryl methyl sites for hydroxylation is 2. The Kier molecular flexibility index (Phi) is 6.25. The molecule has 2 aliphatic rings. The first-order valence-electron chi connectivity index (χ1n) is 9.05. The number of ether oxygens (including phenoxy) is 3. The summed E-state index contributed by atoms with van der Waals surface area (Å²) in [7, 11) is 3.59. The molecule has 3 rings (SSSR count). The average molecular weight is 352 g/mol. The number of nitrogens with zero attached hydrogens (tertiary/aromatic N) is 3. The zero-order valence-electron chi connectivity index (χ0n) is 15.1. The van der Waals surface area contributed by atoms with E-state index in [0.29, 0.717) is 50.7 Å². The van der Waals surface area contributed by atoms with Gasteiger partial charge in [-0.2, -0.15) is 0 Å². The molecule has 2 aliphatic carbocycles. The lowest BCUT2D eigenvalue weighted by Gasteiger charge is -2.07. The smallest absolute Gasteiger partial charge is 0.407 e. The van der Waals surface area contributed by atoms with Crippen LogP contribution < -0.4 is 5.32 Å². The Morgan fingerprint density at radius 3 is 2.84 bits per heavy atom. The van der Waals surface area contributed by atoms with E-state index in [4.69, 9.17) is 14.2 Å². The largest absolute Gasteiger partial charge is 0.449 e. The summed E-state index contributed by atoms with van der Waals surface area (Å²) in [5.41, 5.74) is 2.40. The molecule has 1 aromatic heterocycles. The lowest BCUT2D eigenvalue weighted by atomic mass is 10.0. The van der Waals surface area contributed by atoms with Gasteiger partial charge in [0.15, 0.2) is 0 Å². The first kappa shape index (κ1) is 18.1. The van der Waals surface area contributed by atoms with Crippen molar-refractivity contribution in [2.45, 2.75) is 25.7 Å². The van der Waals surface area contributed by atoms with Crippen LogP contribution in [0.3, 0.4) is 0 Å². The standard InChI is InChI=1S/C17H28N4O4/c1-21-16-6-4-13-12(3-5-15(16)19-20-21)14(13)11-25-17(22)18-7-8-24-10-9-23-2/h12-14H,3-11H2,1-2H3,(H,18,22)/t12-,13+,14-/m0/s1. The summed E-state index contributed by atoms with van der Waals surface area (Å²) < 4.78 is 17.5. The summed E-state index contributed by atoms with van der Waals surface area (Å²) in [6, 6.07) is 0. The molecule has 3 atom stereocenters. The molecule has 1 saturated carbocycles. The second-order valence-corrected chi connectivity index (χ2v) is 6.81. The fourth-order valence-corrected chi connectivity index (χ4v) is 3.85. The van der Waals surface area contributed by atoms with Gasteiger partial charge in [0, 0.05) is 20.7 Å². The molecule has 25 heavy (non-hydrogen) atoms. The van der Waals surface area contributed by atoms with Crippen molar-refractivity contribution in [1.82, 2.24) is 20.3 Å². The van der Waals surface area contributed by atoms with E-state index in [2.05, 4.69) is 15.6 Å². The number of methoxy groups -OCH3 is 1. The molecule has 8 heteroatoms. The average Bonchev–Trinajstić information content (AvgIpc) is 3.13. The molecule has 1 heterocycles. The summed E-state index contributed by atoms with van der Waals surface area (Å²) in [5, 5.41) is 11.1. The topological polar surface area (TPSA) is 87.5 Å². The molecule has 0 unspecified atom stereocenters. The van der Waals surface area contributed by atoms with E-state index >= 15 is 0 Å². The molecule has 0 aromatic carbocycles. The number of alkyl carbamates (subject to hydrolysis) is 1. The SMILES string of the molecule is COCCOCCNC(=O)OC[C@@H]1[C@@H]2CCc3c(nnn3C)CC[C@@H]21. The van der Waals surface area contributed by atoms with Crippen LogP contribution in [0, 0.1) is 17.8 Å². The van der Waals surface area contributed by atoms with E-state index in [1.807, 2.05) is 11.7 Å². The number of fused-ring (bicyclic) bond motifs is 2. The van der Waals surface area contributed by atoms with E-state index in [1.54, 1.807) is 7.11 Å². The number of nitrogens with one attached hydrogen (secondary N) is 1. The fraction of sp³-hybridized carbons (Fsp3) is 0.824. The van der Waals surface area contributed by atoms with Gasteiger partial charge in [0.1, 0.15) is 0 Å². The van der Waals surface area contributed by atoms with Gasteiger partial charge < -0.3 is 19.5 Å². The molecule has 0 saturated heterocycles. The van der Waals surface area contributed by atoms with E-state index < -0.39 is 0 Å². The summed E-state index contributed by atoms with van der Waals surface area (Å²) in [4.78, 5) is 11.8. The quantitative estimate of drug-likeness (QED) is 0.701. The Bertz CT molecular complexity index is 577. The van der Waals surface area contributed by atoms with Crippen LogP contribution in [0.2, 0.25) is 0 Å².